The summed E-state index contributed by atoms with van der Waals surface area (Å²) in [6.45, 7) is 14.0. The van der Waals surface area contributed by atoms with E-state index in [1.165, 1.54) is 13.2 Å². The molecule has 0 unspecified atom stereocenters. The summed E-state index contributed by atoms with van der Waals surface area (Å²) in [5, 5.41) is 7.36. The molecule has 1 aromatic rings. The van der Waals surface area contributed by atoms with Crippen LogP contribution in [-0.2, 0) is 29.1 Å². The van der Waals surface area contributed by atoms with Gasteiger partial charge in [0.05, 0.1) is 12.4 Å². The van der Waals surface area contributed by atoms with Crippen molar-refractivity contribution in [3.8, 4) is 5.75 Å². The predicted molar refractivity (Wildman–Crippen MR) is 156 cm³/mol. The van der Waals surface area contributed by atoms with Gasteiger partial charge in [0.25, 0.3) is 5.91 Å². The molecule has 4 amide bonds. The summed E-state index contributed by atoms with van der Waals surface area (Å²) >= 11 is 0. The highest BCUT2D eigenvalue weighted by Gasteiger charge is 2.61. The first-order valence-corrected chi connectivity index (χ1v) is 15.3. The van der Waals surface area contributed by atoms with Crippen molar-refractivity contribution < 1.29 is 37.1 Å². The third kappa shape index (κ3) is 8.02. The molecule has 0 spiro atoms. The Morgan fingerprint density at radius 2 is 1.60 bits per heavy atom. The normalized spacial score (nSPS) is 21.6. The molecule has 2 aliphatic carbocycles. The van der Waals surface area contributed by atoms with Gasteiger partial charge in [-0.15, -0.1) is 6.58 Å². The van der Waals surface area contributed by atoms with E-state index in [1.807, 2.05) is 0 Å². The van der Waals surface area contributed by atoms with Crippen molar-refractivity contribution in [3.63, 3.8) is 0 Å². The molecule has 13 heteroatoms. The molecule has 2 aliphatic rings. The van der Waals surface area contributed by atoms with E-state index in [0.29, 0.717) is 24.2 Å². The molecule has 2 fully saturated rings. The second-order valence-electron chi connectivity index (χ2n) is 12.8. The fourth-order valence-electron chi connectivity index (χ4n) is 4.43. The Kier molecular flexibility index (Phi) is 9.35. The second-order valence-corrected chi connectivity index (χ2v) is 14.8. The number of hydrogen-bond acceptors (Lipinski definition) is 8. The van der Waals surface area contributed by atoms with Crippen molar-refractivity contribution >= 4 is 33.8 Å². The number of alkyl carbamates (subject to hydrolysis) is 1. The van der Waals surface area contributed by atoms with Gasteiger partial charge in [0.1, 0.15) is 29.0 Å². The average molecular weight is 607 g/mol. The smallest absolute Gasteiger partial charge is 0.408 e. The molecule has 0 heterocycles. The molecule has 4 atom stereocenters. The number of benzene rings is 1. The molecule has 4 N–H and O–H groups in total. The zero-order valence-electron chi connectivity index (χ0n) is 25.2. The number of carbonyl (C=O) groups excluding carboxylic acids is 4. The monoisotopic (exact) mass is 606 g/mol. The van der Waals surface area contributed by atoms with Gasteiger partial charge in [-0.3, -0.25) is 19.1 Å². The van der Waals surface area contributed by atoms with Crippen molar-refractivity contribution in [2.75, 3.05) is 7.11 Å². The van der Waals surface area contributed by atoms with Gasteiger partial charge in [-0.25, -0.2) is 13.2 Å². The first kappa shape index (κ1) is 32.9. The lowest BCUT2D eigenvalue weighted by Crippen LogP contribution is -2.58. The average Bonchev–Trinajstić information content (AvgIpc) is 3.79. The Balaban J connectivity index is 1.90. The maximum Gasteiger partial charge on any atom is 0.408 e. The van der Waals surface area contributed by atoms with Crippen LogP contribution >= 0.6 is 0 Å². The zero-order chi connectivity index (χ0) is 31.7. The highest BCUT2D eigenvalue weighted by molar-refractivity contribution is 7.91. The summed E-state index contributed by atoms with van der Waals surface area (Å²) in [4.78, 5) is 53.2. The highest BCUT2D eigenvalue weighted by atomic mass is 32.2. The van der Waals surface area contributed by atoms with E-state index < -0.39 is 73.6 Å². The van der Waals surface area contributed by atoms with Crippen LogP contribution in [0.4, 0.5) is 4.79 Å². The molecule has 42 heavy (non-hydrogen) atoms. The molecule has 0 saturated heterocycles. The van der Waals surface area contributed by atoms with Crippen LogP contribution in [0, 0.1) is 11.3 Å². The second kappa shape index (κ2) is 11.9. The molecule has 0 radical (unpaired) electrons. The number of methoxy groups -OCH3 is 1. The van der Waals surface area contributed by atoms with Crippen LogP contribution < -0.4 is 25.4 Å². The van der Waals surface area contributed by atoms with Crippen LogP contribution in [0.2, 0.25) is 0 Å². The van der Waals surface area contributed by atoms with Gasteiger partial charge >= 0.3 is 6.09 Å². The highest BCUT2D eigenvalue weighted by Crippen LogP contribution is 2.45. The Morgan fingerprint density at radius 3 is 2.05 bits per heavy atom. The summed E-state index contributed by atoms with van der Waals surface area (Å²) in [5.74, 6) is -2.28. The van der Waals surface area contributed by atoms with Crippen molar-refractivity contribution in [2.24, 2.45) is 11.3 Å². The van der Waals surface area contributed by atoms with Gasteiger partial charge in [-0.2, -0.15) is 0 Å². The molecule has 1 aromatic carbocycles. The number of rotatable bonds is 11. The minimum absolute atomic E-state index is 0.141. The van der Waals surface area contributed by atoms with Gasteiger partial charge in [-0.05, 0) is 63.1 Å². The van der Waals surface area contributed by atoms with Crippen LogP contribution in [0.25, 0.3) is 0 Å². The molecule has 0 aromatic heterocycles. The number of nitrogens with one attached hydrogen (secondary N) is 4. The van der Waals surface area contributed by atoms with Crippen LogP contribution in [0.3, 0.4) is 0 Å². The molecule has 0 bridgehead atoms. The quantitative estimate of drug-likeness (QED) is 0.279. The summed E-state index contributed by atoms with van der Waals surface area (Å²) in [6.07, 6.45) is 1.74. The molecular formula is C29H42N4O8S. The number of hydrogen-bond donors (Lipinski definition) is 4. The van der Waals surface area contributed by atoms with Crippen LogP contribution in [0.5, 0.6) is 5.75 Å². The van der Waals surface area contributed by atoms with Crippen LogP contribution in [0.1, 0.15) is 72.4 Å². The Hall–Kier alpha value is -3.61. The lowest BCUT2D eigenvalue weighted by atomic mass is 9.86. The van der Waals surface area contributed by atoms with Crippen molar-refractivity contribution in [3.05, 3.63) is 42.5 Å². The van der Waals surface area contributed by atoms with Gasteiger partial charge in [0.2, 0.25) is 21.8 Å². The minimum Gasteiger partial charge on any atom is -0.497 e. The number of sulfonamides is 1. The van der Waals surface area contributed by atoms with E-state index in [4.69, 9.17) is 9.47 Å². The van der Waals surface area contributed by atoms with Gasteiger partial charge in [0, 0.05) is 5.92 Å². The van der Waals surface area contributed by atoms with Gasteiger partial charge < -0.3 is 25.4 Å². The van der Waals surface area contributed by atoms with E-state index >= 15 is 0 Å². The standard InChI is InChI=1S/C29H42N4O8S/c1-9-18-16-29(18,25(36)33-42(38,39)20-14-15-20)32-23(34)21(17-10-12-19(40-8)13-11-17)30-24(35)22(27(2,3)4)31-26(37)41-28(5,6)7/h9-13,18,20-22H,1,14-16H2,2-8H3,(H,30,35)(H,31,37)(H,32,34)(H,33,36)/t18-,21+,22-,29-/m1/s1. The Morgan fingerprint density at radius 1 is 1.00 bits per heavy atom. The predicted octanol–water partition coefficient (Wildman–Crippen LogP) is 2.46. The lowest BCUT2D eigenvalue weighted by Gasteiger charge is -2.33. The fraction of sp³-hybridized carbons (Fsp3) is 0.586. The largest absolute Gasteiger partial charge is 0.497 e. The third-order valence-electron chi connectivity index (χ3n) is 7.04. The maximum absolute atomic E-state index is 13.8. The van der Waals surface area contributed by atoms with Crippen molar-refractivity contribution in [1.82, 2.24) is 20.7 Å². The number of ether oxygens (including phenoxy) is 2. The molecule has 3 rings (SSSR count). The van der Waals surface area contributed by atoms with Gasteiger partial charge in [-0.1, -0.05) is 39.0 Å². The molecule has 12 nitrogen and oxygen atoms in total. The third-order valence-corrected chi connectivity index (χ3v) is 8.86. The molecular weight excluding hydrogens is 564 g/mol. The Bertz CT molecular complexity index is 1330. The minimum atomic E-state index is -3.87. The summed E-state index contributed by atoms with van der Waals surface area (Å²) in [6, 6.07) is 3.96. The zero-order valence-corrected chi connectivity index (χ0v) is 26.0. The van der Waals surface area contributed by atoms with Crippen molar-refractivity contribution in [1.29, 1.82) is 0 Å². The summed E-state index contributed by atoms with van der Waals surface area (Å²) in [5.41, 5.74) is -2.77. The van der Waals surface area contributed by atoms with E-state index in [9.17, 15) is 27.6 Å². The van der Waals surface area contributed by atoms with Crippen LogP contribution in [-0.4, -0.2) is 61.8 Å². The number of carbonyl (C=O) groups is 4. The molecule has 0 aliphatic heterocycles. The summed E-state index contributed by atoms with van der Waals surface area (Å²) < 4.78 is 37.6. The van der Waals surface area contributed by atoms with Gasteiger partial charge in [0.15, 0.2) is 0 Å². The molecule has 2 saturated carbocycles. The summed E-state index contributed by atoms with van der Waals surface area (Å²) in [7, 11) is -2.39. The lowest BCUT2D eigenvalue weighted by molar-refractivity contribution is -0.134. The molecule has 232 valence electrons. The van der Waals surface area contributed by atoms with E-state index in [2.05, 4.69) is 27.3 Å². The number of amides is 4. The van der Waals surface area contributed by atoms with Crippen molar-refractivity contribution in [2.45, 2.75) is 89.3 Å². The van der Waals surface area contributed by atoms with Crippen LogP contribution in [0.15, 0.2) is 36.9 Å². The topological polar surface area (TPSA) is 169 Å². The maximum atomic E-state index is 13.8. The van der Waals surface area contributed by atoms with E-state index in [1.54, 1.807) is 65.8 Å². The first-order chi connectivity index (χ1) is 19.3. The fourth-order valence-corrected chi connectivity index (χ4v) is 5.79. The Labute approximate surface area is 247 Å². The van der Waals surface area contributed by atoms with E-state index in [0.717, 1.165) is 0 Å². The van der Waals surface area contributed by atoms with E-state index in [-0.39, 0.29) is 6.42 Å². The first-order valence-electron chi connectivity index (χ1n) is 13.8. The SMILES string of the molecule is C=C[C@@H]1C[C@]1(NC(=O)[C@@H](NC(=O)[C@@H](NC(=O)OC(C)(C)C)C(C)(C)C)c1ccc(OC)cc1)C(=O)NS(=O)(=O)C1CC1.